The van der Waals surface area contributed by atoms with Crippen LogP contribution in [0.25, 0.3) is 0 Å². The van der Waals surface area contributed by atoms with Gasteiger partial charge in [0.05, 0.1) is 18.9 Å². The van der Waals surface area contributed by atoms with E-state index in [-0.39, 0.29) is 12.1 Å². The molecule has 2 aromatic rings. The van der Waals surface area contributed by atoms with Gasteiger partial charge in [-0.25, -0.2) is 18.4 Å². The van der Waals surface area contributed by atoms with Crippen molar-refractivity contribution in [3.05, 3.63) is 48.1 Å². The fourth-order valence-electron chi connectivity index (χ4n) is 2.62. The summed E-state index contributed by atoms with van der Waals surface area (Å²) in [7, 11) is -3.79. The first-order valence-corrected chi connectivity index (χ1v) is 9.23. The molecule has 0 amide bonds. The molecule has 0 fully saturated rings. The maximum absolute atomic E-state index is 14.3. The van der Waals surface area contributed by atoms with Crippen LogP contribution in [-0.2, 0) is 26.4 Å². The molecule has 1 aromatic heterocycles. The number of hydrogen-bond donors (Lipinski definition) is 1. The van der Waals surface area contributed by atoms with Gasteiger partial charge in [0, 0.05) is 17.5 Å². The van der Waals surface area contributed by atoms with Gasteiger partial charge in [-0.2, -0.15) is 13.5 Å². The molecule has 1 N–H and O–H groups in total. The van der Waals surface area contributed by atoms with E-state index in [0.717, 1.165) is 18.4 Å². The maximum Gasteiger partial charge on any atom is 0.264 e. The Morgan fingerprint density at radius 3 is 2.56 bits per heavy atom. The van der Waals surface area contributed by atoms with Crippen LogP contribution < -0.4 is 0 Å². The minimum atomic E-state index is -3.79. The van der Waals surface area contributed by atoms with Crippen LogP contribution in [-0.4, -0.2) is 40.6 Å². The summed E-state index contributed by atoms with van der Waals surface area (Å²) in [5.41, 5.74) is -2.11. The van der Waals surface area contributed by atoms with E-state index in [1.54, 1.807) is 0 Å². The number of aliphatic hydroxyl groups is 1. The third kappa shape index (κ3) is 4.59. The van der Waals surface area contributed by atoms with Crippen LogP contribution in [0.1, 0.15) is 19.4 Å². The van der Waals surface area contributed by atoms with E-state index in [9.17, 15) is 22.3 Å². The van der Waals surface area contributed by atoms with Crippen molar-refractivity contribution in [3.8, 4) is 0 Å². The molecule has 0 radical (unpaired) electrons. The van der Waals surface area contributed by atoms with Crippen LogP contribution in [0, 0.1) is 17.6 Å². The highest BCUT2D eigenvalue weighted by atomic mass is 32.2. The Labute approximate surface area is 144 Å². The fraction of sp³-hybridized carbons (Fsp3) is 0.467. The summed E-state index contributed by atoms with van der Waals surface area (Å²) in [5, 5.41) is 15.1. The quantitative estimate of drug-likeness (QED) is 0.736. The second kappa shape index (κ2) is 7.14. The molecule has 0 saturated heterocycles. The van der Waals surface area contributed by atoms with E-state index in [1.807, 2.05) is 0 Å². The van der Waals surface area contributed by atoms with E-state index >= 15 is 0 Å². The van der Waals surface area contributed by atoms with E-state index in [1.165, 1.54) is 31.2 Å². The molecule has 1 aromatic carbocycles. The highest BCUT2D eigenvalue weighted by Crippen LogP contribution is 2.36. The molecule has 2 rings (SSSR count). The first-order chi connectivity index (χ1) is 11.5. The van der Waals surface area contributed by atoms with Gasteiger partial charge in [-0.3, -0.25) is 4.18 Å². The van der Waals surface area contributed by atoms with E-state index < -0.39 is 39.4 Å². The number of nitrogens with zero attached hydrogens (tertiary/aromatic N) is 3. The highest BCUT2D eigenvalue weighted by molar-refractivity contribution is 7.86. The average molecular weight is 375 g/mol. The summed E-state index contributed by atoms with van der Waals surface area (Å²) in [6, 6.07) is 2.78. The van der Waals surface area contributed by atoms with Crippen LogP contribution in [0.3, 0.4) is 0 Å². The van der Waals surface area contributed by atoms with Crippen LogP contribution in [0.2, 0.25) is 0 Å². The Balaban J connectivity index is 2.47. The van der Waals surface area contributed by atoms with Gasteiger partial charge in [0.2, 0.25) is 0 Å². The van der Waals surface area contributed by atoms with E-state index in [4.69, 9.17) is 4.18 Å². The molecule has 0 aliphatic carbocycles. The third-order valence-corrected chi connectivity index (χ3v) is 4.70. The van der Waals surface area contributed by atoms with Gasteiger partial charge in [0.1, 0.15) is 29.9 Å². The van der Waals surface area contributed by atoms with Crippen molar-refractivity contribution in [2.24, 2.45) is 5.92 Å². The molecule has 0 saturated carbocycles. The molecular weight excluding hydrogens is 356 g/mol. The first kappa shape index (κ1) is 19.4. The fourth-order valence-corrected chi connectivity index (χ4v) is 3.34. The van der Waals surface area contributed by atoms with Crippen molar-refractivity contribution >= 4 is 10.1 Å². The second-order valence-corrected chi connectivity index (χ2v) is 7.54. The van der Waals surface area contributed by atoms with Gasteiger partial charge >= 0.3 is 0 Å². The molecule has 3 atom stereocenters. The lowest BCUT2D eigenvalue weighted by Gasteiger charge is -2.37. The maximum atomic E-state index is 14.3. The minimum Gasteiger partial charge on any atom is -0.383 e. The summed E-state index contributed by atoms with van der Waals surface area (Å²) >= 11 is 0. The molecule has 7 nitrogen and oxygen atoms in total. The second-order valence-electron chi connectivity index (χ2n) is 5.94. The molecule has 2 unspecified atom stereocenters. The Kier molecular flexibility index (Phi) is 5.55. The SMILES string of the molecule is CC(OS(C)(=O)=O)[C@H](C)C(O)(Cn1cncn1)c1ccc(F)cc1F. The van der Waals surface area contributed by atoms with Crippen molar-refractivity contribution in [1.29, 1.82) is 0 Å². The number of aromatic nitrogens is 3. The van der Waals surface area contributed by atoms with Gasteiger partial charge in [-0.15, -0.1) is 0 Å². The van der Waals surface area contributed by atoms with Crippen molar-refractivity contribution in [2.75, 3.05) is 6.26 Å². The monoisotopic (exact) mass is 375 g/mol. The van der Waals surface area contributed by atoms with Crippen molar-refractivity contribution in [1.82, 2.24) is 14.8 Å². The predicted molar refractivity (Wildman–Crippen MR) is 84.8 cm³/mol. The van der Waals surface area contributed by atoms with Crippen LogP contribution in [0.4, 0.5) is 8.78 Å². The van der Waals surface area contributed by atoms with Crippen molar-refractivity contribution < 1.29 is 26.5 Å². The van der Waals surface area contributed by atoms with Crippen LogP contribution >= 0.6 is 0 Å². The third-order valence-electron chi connectivity index (χ3n) is 4.05. The van der Waals surface area contributed by atoms with E-state index in [2.05, 4.69) is 10.1 Å². The van der Waals surface area contributed by atoms with Crippen molar-refractivity contribution in [2.45, 2.75) is 32.1 Å². The minimum absolute atomic E-state index is 0.194. The Morgan fingerprint density at radius 2 is 2.04 bits per heavy atom. The van der Waals surface area contributed by atoms with Gasteiger partial charge in [0.25, 0.3) is 10.1 Å². The predicted octanol–water partition coefficient (Wildman–Crippen LogP) is 1.44. The largest absolute Gasteiger partial charge is 0.383 e. The zero-order valence-electron chi connectivity index (χ0n) is 13.9. The van der Waals surface area contributed by atoms with Gasteiger partial charge in [0.15, 0.2) is 0 Å². The lowest BCUT2D eigenvalue weighted by molar-refractivity contribution is -0.0727. The van der Waals surface area contributed by atoms with Crippen molar-refractivity contribution in [3.63, 3.8) is 0 Å². The molecule has 10 heteroatoms. The number of rotatable bonds is 7. The van der Waals surface area contributed by atoms with Crippen LogP contribution in [0.15, 0.2) is 30.9 Å². The first-order valence-electron chi connectivity index (χ1n) is 7.41. The van der Waals surface area contributed by atoms with E-state index in [0.29, 0.717) is 6.07 Å². The molecule has 0 spiro atoms. The molecule has 1 heterocycles. The zero-order valence-corrected chi connectivity index (χ0v) is 14.7. The number of halogens is 2. The smallest absolute Gasteiger partial charge is 0.264 e. The van der Waals surface area contributed by atoms with Gasteiger partial charge in [-0.1, -0.05) is 13.0 Å². The van der Waals surface area contributed by atoms with Gasteiger partial charge in [-0.05, 0) is 13.0 Å². The topological polar surface area (TPSA) is 94.3 Å². The summed E-state index contributed by atoms with van der Waals surface area (Å²) in [4.78, 5) is 3.76. The Bertz CT molecular complexity index is 829. The molecule has 0 aliphatic rings. The zero-order chi connectivity index (χ0) is 18.8. The Morgan fingerprint density at radius 1 is 1.36 bits per heavy atom. The molecular formula is C15H19F2N3O4S. The molecule has 25 heavy (non-hydrogen) atoms. The average Bonchev–Trinajstić information content (AvgIpc) is 2.97. The Hall–Kier alpha value is -1.91. The lowest BCUT2D eigenvalue weighted by Crippen LogP contribution is -2.45. The molecule has 138 valence electrons. The standard InChI is InChI=1S/C15H19F2N3O4S/c1-10(11(2)24-25(3,22)23)15(21,7-20-9-18-8-19-20)13-5-4-12(16)6-14(13)17/h4-6,8-11,21H,7H2,1-3H3/t10-,11?,15?/m0/s1. The molecule has 0 bridgehead atoms. The molecule has 0 aliphatic heterocycles. The number of hydrogen-bond acceptors (Lipinski definition) is 6. The summed E-state index contributed by atoms with van der Waals surface area (Å²) in [5.74, 6) is -2.63. The summed E-state index contributed by atoms with van der Waals surface area (Å²) in [6.07, 6.45) is 2.46. The highest BCUT2D eigenvalue weighted by Gasteiger charge is 2.42. The van der Waals surface area contributed by atoms with Crippen LogP contribution in [0.5, 0.6) is 0 Å². The summed E-state index contributed by atoms with van der Waals surface area (Å²) in [6.45, 7) is 2.73. The number of benzene rings is 1. The van der Waals surface area contributed by atoms with Gasteiger partial charge < -0.3 is 5.11 Å². The lowest BCUT2D eigenvalue weighted by atomic mass is 9.79. The summed E-state index contributed by atoms with van der Waals surface area (Å²) < 4.78 is 56.5. The normalized spacial score (nSPS) is 17.0.